The number of nitrogens with zero attached hydrogens (tertiary/aromatic N) is 1. The number of alkyl halides is 1. The molecule has 1 aromatic rings. The fourth-order valence-electron chi connectivity index (χ4n) is 2.12. The van der Waals surface area contributed by atoms with Crippen LogP contribution in [0.5, 0.6) is 0 Å². The first-order valence-electron chi connectivity index (χ1n) is 5.96. The molecule has 1 fully saturated rings. The third-order valence-electron chi connectivity index (χ3n) is 3.30. The molecule has 3 nitrogen and oxygen atoms in total. The first-order valence-corrected chi connectivity index (χ1v) is 7.94. The van der Waals surface area contributed by atoms with Gasteiger partial charge in [0.25, 0.3) is 0 Å². The second kappa shape index (κ2) is 5.73. The molecule has 7 heteroatoms. The van der Waals surface area contributed by atoms with Crippen molar-refractivity contribution in [1.82, 2.24) is 4.31 Å². The van der Waals surface area contributed by atoms with Gasteiger partial charge in [0.1, 0.15) is 16.5 Å². The van der Waals surface area contributed by atoms with Gasteiger partial charge in [0.15, 0.2) is 0 Å². The molecule has 0 aromatic heterocycles. The number of hydrogen-bond acceptors (Lipinski definition) is 2. The van der Waals surface area contributed by atoms with Crippen LogP contribution in [0.25, 0.3) is 0 Å². The monoisotopic (exact) mass is 309 g/mol. The Labute approximate surface area is 116 Å². The third kappa shape index (κ3) is 3.07. The summed E-state index contributed by atoms with van der Waals surface area (Å²) in [4.78, 5) is -0.600. The minimum Gasteiger partial charge on any atom is -0.207 e. The van der Waals surface area contributed by atoms with E-state index in [1.54, 1.807) is 0 Å². The molecule has 106 valence electrons. The van der Waals surface area contributed by atoms with E-state index in [-0.39, 0.29) is 19.0 Å². The molecule has 1 saturated heterocycles. The quantitative estimate of drug-likeness (QED) is 0.805. The lowest BCUT2D eigenvalue weighted by Crippen LogP contribution is -2.39. The Morgan fingerprint density at radius 1 is 1.26 bits per heavy atom. The number of hydrogen-bond donors (Lipinski definition) is 0. The smallest absolute Gasteiger partial charge is 0.207 e. The van der Waals surface area contributed by atoms with E-state index in [2.05, 4.69) is 0 Å². The van der Waals surface area contributed by atoms with Gasteiger partial charge in [-0.05, 0) is 37.0 Å². The van der Waals surface area contributed by atoms with Gasteiger partial charge in [-0.1, -0.05) is 0 Å². The Kier molecular flexibility index (Phi) is 4.43. The van der Waals surface area contributed by atoms with Crippen molar-refractivity contribution in [1.29, 1.82) is 0 Å². The molecule has 0 amide bonds. The van der Waals surface area contributed by atoms with Gasteiger partial charge in [0.05, 0.1) is 0 Å². The fraction of sp³-hybridized carbons (Fsp3) is 0.500. The van der Waals surface area contributed by atoms with Crippen LogP contribution >= 0.6 is 11.6 Å². The zero-order chi connectivity index (χ0) is 14.0. The molecule has 0 unspecified atom stereocenters. The standard InChI is InChI=1S/C12H14ClF2NO2S/c13-8-9-3-5-16(6-4-9)19(17,18)12-7-10(14)1-2-11(12)15/h1-2,7,9H,3-6,8H2. The second-order valence-corrected chi connectivity index (χ2v) is 6.79. The summed E-state index contributed by atoms with van der Waals surface area (Å²) < 4.78 is 52.3. The lowest BCUT2D eigenvalue weighted by molar-refractivity contribution is 0.289. The Balaban J connectivity index is 2.26. The van der Waals surface area contributed by atoms with Gasteiger partial charge in [-0.3, -0.25) is 0 Å². The van der Waals surface area contributed by atoms with E-state index in [0.717, 1.165) is 18.2 Å². The van der Waals surface area contributed by atoms with Crippen molar-refractivity contribution < 1.29 is 17.2 Å². The molecule has 0 atom stereocenters. The zero-order valence-corrected chi connectivity index (χ0v) is 11.7. The summed E-state index contributed by atoms with van der Waals surface area (Å²) in [5.41, 5.74) is 0. The van der Waals surface area contributed by atoms with E-state index in [1.165, 1.54) is 4.31 Å². The number of rotatable bonds is 3. The van der Waals surface area contributed by atoms with Gasteiger partial charge in [-0.15, -0.1) is 11.6 Å². The van der Waals surface area contributed by atoms with Crippen LogP contribution in [0.1, 0.15) is 12.8 Å². The molecule has 0 bridgehead atoms. The molecule has 0 aliphatic carbocycles. The van der Waals surface area contributed by atoms with Crippen molar-refractivity contribution in [3.63, 3.8) is 0 Å². The van der Waals surface area contributed by atoms with Crippen molar-refractivity contribution in [2.24, 2.45) is 5.92 Å². The highest BCUT2D eigenvalue weighted by molar-refractivity contribution is 7.89. The second-order valence-electron chi connectivity index (χ2n) is 4.58. The number of piperidine rings is 1. The van der Waals surface area contributed by atoms with E-state index in [9.17, 15) is 17.2 Å². The number of benzene rings is 1. The topological polar surface area (TPSA) is 37.4 Å². The van der Waals surface area contributed by atoms with E-state index in [0.29, 0.717) is 18.7 Å². The van der Waals surface area contributed by atoms with Crippen molar-refractivity contribution in [3.8, 4) is 0 Å². The lowest BCUT2D eigenvalue weighted by atomic mass is 10.0. The number of sulfonamides is 1. The summed E-state index contributed by atoms with van der Waals surface area (Å²) in [6.45, 7) is 0.575. The maximum absolute atomic E-state index is 13.6. The summed E-state index contributed by atoms with van der Waals surface area (Å²) in [6.07, 6.45) is 1.28. The predicted octanol–water partition coefficient (Wildman–Crippen LogP) is 2.60. The Bertz CT molecular complexity index is 557. The summed E-state index contributed by atoms with van der Waals surface area (Å²) in [5.74, 6) is -0.927. The zero-order valence-electron chi connectivity index (χ0n) is 10.2. The Morgan fingerprint density at radius 3 is 2.47 bits per heavy atom. The van der Waals surface area contributed by atoms with Crippen molar-refractivity contribution in [3.05, 3.63) is 29.8 Å². The summed E-state index contributed by atoms with van der Waals surface area (Å²) >= 11 is 5.73. The van der Waals surface area contributed by atoms with Gasteiger partial charge >= 0.3 is 0 Å². The molecular weight excluding hydrogens is 296 g/mol. The Hall–Kier alpha value is -0.720. The molecule has 1 aromatic carbocycles. The minimum atomic E-state index is -3.97. The van der Waals surface area contributed by atoms with Gasteiger partial charge in [0, 0.05) is 19.0 Å². The van der Waals surface area contributed by atoms with E-state index in [1.807, 2.05) is 0 Å². The molecule has 2 rings (SSSR count). The molecular formula is C12H14ClF2NO2S. The molecule has 0 N–H and O–H groups in total. The Morgan fingerprint density at radius 2 is 1.89 bits per heavy atom. The first kappa shape index (κ1) is 14.7. The average molecular weight is 310 g/mol. The summed E-state index contributed by atoms with van der Waals surface area (Å²) in [5, 5.41) is 0. The normalized spacial score (nSPS) is 18.7. The van der Waals surface area contributed by atoms with Gasteiger partial charge < -0.3 is 0 Å². The minimum absolute atomic E-state index is 0.283. The van der Waals surface area contributed by atoms with Crippen molar-refractivity contribution in [2.45, 2.75) is 17.7 Å². The van der Waals surface area contributed by atoms with Gasteiger partial charge in [-0.25, -0.2) is 17.2 Å². The van der Waals surface area contributed by atoms with Crippen LogP contribution in [0.3, 0.4) is 0 Å². The van der Waals surface area contributed by atoms with Crippen LogP contribution in [0.15, 0.2) is 23.1 Å². The van der Waals surface area contributed by atoms with E-state index in [4.69, 9.17) is 11.6 Å². The fourth-order valence-corrected chi connectivity index (χ4v) is 3.97. The highest BCUT2D eigenvalue weighted by atomic mass is 35.5. The number of halogens is 3. The predicted molar refractivity (Wildman–Crippen MR) is 68.6 cm³/mol. The van der Waals surface area contributed by atoms with Crippen LogP contribution < -0.4 is 0 Å². The van der Waals surface area contributed by atoms with Crippen LogP contribution in [0.2, 0.25) is 0 Å². The molecule has 1 aliphatic rings. The largest absolute Gasteiger partial charge is 0.246 e. The highest BCUT2D eigenvalue weighted by Crippen LogP contribution is 2.26. The molecule has 0 spiro atoms. The van der Waals surface area contributed by atoms with E-state index >= 15 is 0 Å². The SMILES string of the molecule is O=S(=O)(c1cc(F)ccc1F)N1CCC(CCl)CC1. The first-order chi connectivity index (χ1) is 8.95. The van der Waals surface area contributed by atoms with Crippen LogP contribution in [0.4, 0.5) is 8.78 Å². The summed E-state index contributed by atoms with van der Waals surface area (Å²) in [6, 6.07) is 2.44. The third-order valence-corrected chi connectivity index (χ3v) is 5.65. The average Bonchev–Trinajstić information content (AvgIpc) is 2.41. The lowest BCUT2D eigenvalue weighted by Gasteiger charge is -2.30. The summed E-state index contributed by atoms with van der Waals surface area (Å²) in [7, 11) is -3.97. The molecule has 0 radical (unpaired) electrons. The van der Waals surface area contributed by atoms with E-state index < -0.39 is 26.6 Å². The molecule has 19 heavy (non-hydrogen) atoms. The van der Waals surface area contributed by atoms with Gasteiger partial charge in [-0.2, -0.15) is 4.31 Å². The van der Waals surface area contributed by atoms with Crippen LogP contribution in [-0.2, 0) is 10.0 Å². The van der Waals surface area contributed by atoms with Crippen molar-refractivity contribution >= 4 is 21.6 Å². The molecule has 1 heterocycles. The van der Waals surface area contributed by atoms with Gasteiger partial charge in [0.2, 0.25) is 10.0 Å². The molecule has 1 aliphatic heterocycles. The van der Waals surface area contributed by atoms with Crippen molar-refractivity contribution in [2.75, 3.05) is 19.0 Å². The maximum atomic E-state index is 13.6. The molecule has 0 saturated carbocycles. The van der Waals surface area contributed by atoms with Crippen LogP contribution in [-0.4, -0.2) is 31.7 Å². The van der Waals surface area contributed by atoms with Crippen LogP contribution in [0, 0.1) is 17.6 Å². The highest BCUT2D eigenvalue weighted by Gasteiger charge is 2.31. The maximum Gasteiger partial charge on any atom is 0.246 e.